The van der Waals surface area contributed by atoms with Gasteiger partial charge in [-0.3, -0.25) is 0 Å². The minimum Gasteiger partial charge on any atom is -0.313 e. The summed E-state index contributed by atoms with van der Waals surface area (Å²) in [6.45, 7) is 0. The van der Waals surface area contributed by atoms with Gasteiger partial charge in [0.05, 0.1) is 16.6 Å². The molecule has 10 rings (SSSR count). The van der Waals surface area contributed by atoms with E-state index in [1.165, 1.54) is 82.5 Å². The summed E-state index contributed by atoms with van der Waals surface area (Å²) in [4.78, 5) is 1.40. The van der Waals surface area contributed by atoms with Gasteiger partial charge in [0.1, 0.15) is 0 Å². The molecule has 0 N–H and O–H groups in total. The summed E-state index contributed by atoms with van der Waals surface area (Å²) in [6.07, 6.45) is 3.51. The summed E-state index contributed by atoms with van der Waals surface area (Å²) >= 11 is 2.02. The van der Waals surface area contributed by atoms with Crippen molar-refractivity contribution in [1.29, 1.82) is 0 Å². The van der Waals surface area contributed by atoms with Gasteiger partial charge in [-0.25, -0.2) is 0 Å². The van der Waals surface area contributed by atoms with E-state index in [4.69, 9.17) is 0 Å². The number of nitrogens with zero attached hydrogens (tertiary/aromatic N) is 2. The van der Waals surface area contributed by atoms with Gasteiger partial charge >= 0.3 is 0 Å². The highest BCUT2D eigenvalue weighted by Gasteiger charge is 2.34. The fourth-order valence-corrected chi connectivity index (χ4v) is 8.98. The summed E-state index contributed by atoms with van der Waals surface area (Å²) in [5.74, 6) is 0. The first-order valence-electron chi connectivity index (χ1n) is 15.6. The van der Waals surface area contributed by atoms with E-state index in [0.717, 1.165) is 6.42 Å². The van der Waals surface area contributed by atoms with Crippen LogP contribution >= 0.6 is 11.8 Å². The van der Waals surface area contributed by atoms with Crippen LogP contribution < -0.4 is 0 Å². The molecular weight excluding hydrogens is 565 g/mol. The fraction of sp³-hybridized carbons (Fsp3) is 0.0476. The van der Waals surface area contributed by atoms with Crippen LogP contribution in [0.5, 0.6) is 0 Å². The Balaban J connectivity index is 1.19. The van der Waals surface area contributed by atoms with Gasteiger partial charge in [-0.15, -0.1) is 11.8 Å². The van der Waals surface area contributed by atoms with Crippen LogP contribution in [0, 0.1) is 0 Å². The van der Waals surface area contributed by atoms with E-state index in [9.17, 15) is 0 Å². The van der Waals surface area contributed by atoms with Crippen molar-refractivity contribution >= 4 is 56.1 Å². The normalized spacial score (nSPS) is 15.3. The first-order valence-corrected chi connectivity index (χ1v) is 16.5. The smallest absolute Gasteiger partial charge is 0.0541 e. The minimum absolute atomic E-state index is 0.450. The Labute approximate surface area is 265 Å². The van der Waals surface area contributed by atoms with Gasteiger partial charge in [0.2, 0.25) is 0 Å². The molecule has 1 aliphatic carbocycles. The third-order valence-electron chi connectivity index (χ3n) is 9.64. The van der Waals surface area contributed by atoms with Crippen LogP contribution in [-0.4, -0.2) is 14.4 Å². The molecule has 1 atom stereocenters. The molecular formula is C42H28N2S. The van der Waals surface area contributed by atoms with E-state index in [1.807, 2.05) is 11.8 Å². The standard InChI is InChI=1S/C42H28N2S/c1-3-11-29(12-4-1)43-37-17-9-7-15-31(37)33-23-27(19-21-38(33)43)28-20-22-39-34(24-28)35-25-36-32-16-8-10-18-41(32)45-42(36)26-40(35)44(39)30-13-5-2-6-14-30/h1-25,42H,26H2. The van der Waals surface area contributed by atoms with Crippen molar-refractivity contribution < 1.29 is 0 Å². The van der Waals surface area contributed by atoms with Crippen LogP contribution in [0.2, 0.25) is 0 Å². The van der Waals surface area contributed by atoms with Crippen molar-refractivity contribution in [2.24, 2.45) is 0 Å². The zero-order valence-electron chi connectivity index (χ0n) is 24.5. The highest BCUT2D eigenvalue weighted by atomic mass is 32.2. The maximum atomic E-state index is 2.50. The summed E-state index contributed by atoms with van der Waals surface area (Å²) in [5, 5.41) is 4.32. The number of rotatable bonds is 3. The maximum Gasteiger partial charge on any atom is 0.0541 e. The molecule has 3 heteroatoms. The van der Waals surface area contributed by atoms with Crippen molar-refractivity contribution in [1.82, 2.24) is 9.13 Å². The number of thioether (sulfide) groups is 1. The second kappa shape index (κ2) is 9.62. The Morgan fingerprint density at radius 2 is 1.11 bits per heavy atom. The van der Waals surface area contributed by atoms with E-state index >= 15 is 0 Å². The molecule has 2 aliphatic rings. The van der Waals surface area contributed by atoms with E-state index < -0.39 is 0 Å². The van der Waals surface area contributed by atoms with Crippen molar-refractivity contribution in [3.8, 4) is 22.5 Å². The van der Waals surface area contributed by atoms with Crippen LogP contribution in [0.25, 0.3) is 66.9 Å². The Morgan fingerprint density at radius 3 is 1.89 bits per heavy atom. The summed E-state index contributed by atoms with van der Waals surface area (Å²) in [6, 6.07) is 53.3. The Hall–Kier alpha value is -5.25. The Morgan fingerprint density at radius 1 is 0.511 bits per heavy atom. The van der Waals surface area contributed by atoms with Gasteiger partial charge in [-0.05, 0) is 89.0 Å². The van der Waals surface area contributed by atoms with E-state index in [0.29, 0.717) is 5.25 Å². The van der Waals surface area contributed by atoms with Crippen LogP contribution in [-0.2, 0) is 6.42 Å². The van der Waals surface area contributed by atoms with Crippen LogP contribution in [0.15, 0.2) is 150 Å². The molecule has 0 amide bonds. The van der Waals surface area contributed by atoms with Crippen LogP contribution in [0.4, 0.5) is 0 Å². The van der Waals surface area contributed by atoms with Gasteiger partial charge in [-0.2, -0.15) is 0 Å². The number of benzene rings is 6. The van der Waals surface area contributed by atoms with E-state index in [2.05, 4.69) is 161 Å². The average molecular weight is 593 g/mol. The predicted molar refractivity (Wildman–Crippen MR) is 191 cm³/mol. The molecule has 2 aromatic heterocycles. The lowest BCUT2D eigenvalue weighted by atomic mass is 9.90. The molecule has 1 unspecified atom stereocenters. The van der Waals surface area contributed by atoms with Crippen molar-refractivity contribution in [3.63, 3.8) is 0 Å². The number of para-hydroxylation sites is 3. The van der Waals surface area contributed by atoms with Crippen LogP contribution in [0.3, 0.4) is 0 Å². The van der Waals surface area contributed by atoms with Crippen molar-refractivity contribution in [3.05, 3.63) is 162 Å². The quantitative estimate of drug-likeness (QED) is 0.198. The predicted octanol–water partition coefficient (Wildman–Crippen LogP) is 11.0. The largest absolute Gasteiger partial charge is 0.313 e. The fourth-order valence-electron chi connectivity index (χ4n) is 7.64. The highest BCUT2D eigenvalue weighted by molar-refractivity contribution is 8.00. The second-order valence-corrected chi connectivity index (χ2v) is 13.3. The molecule has 0 saturated carbocycles. The lowest BCUT2D eigenvalue weighted by Gasteiger charge is -2.20. The monoisotopic (exact) mass is 592 g/mol. The third-order valence-corrected chi connectivity index (χ3v) is 11.0. The van der Waals surface area contributed by atoms with Gasteiger partial charge in [-0.1, -0.05) is 84.9 Å². The molecule has 0 radical (unpaired) electrons. The molecule has 212 valence electrons. The van der Waals surface area contributed by atoms with Gasteiger partial charge in [0.25, 0.3) is 0 Å². The van der Waals surface area contributed by atoms with E-state index in [1.54, 1.807) is 0 Å². The van der Waals surface area contributed by atoms with Crippen molar-refractivity contribution in [2.75, 3.05) is 0 Å². The minimum atomic E-state index is 0.450. The average Bonchev–Trinajstić information content (AvgIpc) is 3.74. The topological polar surface area (TPSA) is 9.86 Å². The molecule has 8 aromatic rings. The number of aromatic nitrogens is 2. The second-order valence-electron chi connectivity index (χ2n) is 12.1. The molecule has 1 aliphatic heterocycles. The molecule has 6 aromatic carbocycles. The lowest BCUT2D eigenvalue weighted by Crippen LogP contribution is -2.13. The number of hydrogen-bond acceptors (Lipinski definition) is 1. The first kappa shape index (κ1) is 25.1. The molecule has 0 spiro atoms. The van der Waals surface area contributed by atoms with Gasteiger partial charge in [0.15, 0.2) is 0 Å². The van der Waals surface area contributed by atoms with Crippen molar-refractivity contribution in [2.45, 2.75) is 16.6 Å². The zero-order chi connectivity index (χ0) is 29.5. The molecule has 0 fully saturated rings. The summed E-state index contributed by atoms with van der Waals surface area (Å²) in [7, 11) is 0. The molecule has 3 heterocycles. The summed E-state index contributed by atoms with van der Waals surface area (Å²) < 4.78 is 4.88. The SMILES string of the molecule is C1=C2c3ccccc3SC2Cc2c1c1cc(-c3ccc4c(c3)c3ccccc3n4-c3ccccc3)ccc1n2-c1ccccc1. The highest BCUT2D eigenvalue weighted by Crippen LogP contribution is 2.51. The first-order chi connectivity index (χ1) is 22.3. The molecule has 0 bridgehead atoms. The lowest BCUT2D eigenvalue weighted by molar-refractivity contribution is 0.913. The number of hydrogen-bond donors (Lipinski definition) is 0. The molecule has 0 saturated heterocycles. The van der Waals surface area contributed by atoms with Crippen LogP contribution in [0.1, 0.15) is 16.8 Å². The Bertz CT molecular complexity index is 2480. The third kappa shape index (κ3) is 3.71. The number of fused-ring (bicyclic) bond motifs is 9. The summed E-state index contributed by atoms with van der Waals surface area (Å²) in [5.41, 5.74) is 14.3. The molecule has 2 nitrogen and oxygen atoms in total. The Kier molecular flexibility index (Phi) is 5.37. The maximum absolute atomic E-state index is 2.50. The van der Waals surface area contributed by atoms with Gasteiger partial charge < -0.3 is 9.13 Å². The van der Waals surface area contributed by atoms with E-state index in [-0.39, 0.29) is 0 Å². The zero-order valence-corrected chi connectivity index (χ0v) is 25.3. The molecule has 45 heavy (non-hydrogen) atoms. The van der Waals surface area contributed by atoms with Gasteiger partial charge in [0, 0.05) is 55.4 Å².